The van der Waals surface area contributed by atoms with Crippen molar-refractivity contribution >= 4 is 11.6 Å². The smallest absolute Gasteiger partial charge is 0.0817 e. The highest BCUT2D eigenvalue weighted by atomic mass is 35.5. The largest absolute Gasteiger partial charge is 0.376 e. The maximum Gasteiger partial charge on any atom is 0.0817 e. The molecule has 1 aliphatic heterocycles. The van der Waals surface area contributed by atoms with E-state index in [9.17, 15) is 0 Å². The lowest BCUT2D eigenvalue weighted by Crippen LogP contribution is -2.14. The van der Waals surface area contributed by atoms with Crippen LogP contribution in [0.4, 0.5) is 0 Å². The van der Waals surface area contributed by atoms with E-state index in [4.69, 9.17) is 16.3 Å². The van der Waals surface area contributed by atoms with Crippen LogP contribution < -0.4 is 5.32 Å². The molecule has 1 heterocycles. The number of halogens is 1. The second kappa shape index (κ2) is 4.75. The molecule has 1 rings (SSSR count). The van der Waals surface area contributed by atoms with Crippen LogP contribution in [0.1, 0.15) is 6.42 Å². The maximum absolute atomic E-state index is 5.53. The molecule has 0 aromatic carbocycles. The van der Waals surface area contributed by atoms with E-state index >= 15 is 0 Å². The number of hydrogen-bond donors (Lipinski definition) is 1. The summed E-state index contributed by atoms with van der Waals surface area (Å²) in [6.45, 7) is 7.03. The Morgan fingerprint density at radius 1 is 1.73 bits per heavy atom. The number of nitrogens with one attached hydrogen (secondary N) is 1. The van der Waals surface area contributed by atoms with Crippen molar-refractivity contribution in [2.24, 2.45) is 5.92 Å². The summed E-state index contributed by atoms with van der Waals surface area (Å²) in [7, 11) is 0. The summed E-state index contributed by atoms with van der Waals surface area (Å²) >= 11 is 5.53. The zero-order chi connectivity index (χ0) is 8.10. The zero-order valence-electron chi connectivity index (χ0n) is 6.61. The molecule has 0 radical (unpaired) electrons. The van der Waals surface area contributed by atoms with E-state index in [0.29, 0.717) is 17.6 Å². The molecule has 1 fully saturated rings. The average molecular weight is 176 g/mol. The SMILES string of the molecule is C=C(Cl)COCC1CCNC1. The molecule has 2 nitrogen and oxygen atoms in total. The minimum Gasteiger partial charge on any atom is -0.376 e. The number of rotatable bonds is 4. The molecule has 11 heavy (non-hydrogen) atoms. The molecule has 1 N–H and O–H groups in total. The van der Waals surface area contributed by atoms with E-state index < -0.39 is 0 Å². The predicted octanol–water partition coefficient (Wildman–Crippen LogP) is 1.36. The van der Waals surface area contributed by atoms with E-state index in [0.717, 1.165) is 19.7 Å². The monoisotopic (exact) mass is 175 g/mol. The van der Waals surface area contributed by atoms with Crippen LogP contribution in [0.3, 0.4) is 0 Å². The van der Waals surface area contributed by atoms with E-state index in [1.54, 1.807) is 0 Å². The molecule has 0 amide bonds. The molecule has 3 heteroatoms. The van der Waals surface area contributed by atoms with Crippen molar-refractivity contribution in [3.8, 4) is 0 Å². The van der Waals surface area contributed by atoms with Crippen molar-refractivity contribution in [1.82, 2.24) is 5.32 Å². The first-order valence-corrected chi connectivity index (χ1v) is 4.28. The maximum atomic E-state index is 5.53. The fourth-order valence-corrected chi connectivity index (χ4v) is 1.27. The summed E-state index contributed by atoms with van der Waals surface area (Å²) in [6, 6.07) is 0. The average Bonchev–Trinajstić information content (AvgIpc) is 2.39. The van der Waals surface area contributed by atoms with Gasteiger partial charge in [-0.1, -0.05) is 18.2 Å². The Bertz CT molecular complexity index is 132. The van der Waals surface area contributed by atoms with Gasteiger partial charge < -0.3 is 10.1 Å². The first kappa shape index (κ1) is 9.04. The van der Waals surface area contributed by atoms with Gasteiger partial charge >= 0.3 is 0 Å². The fraction of sp³-hybridized carbons (Fsp3) is 0.750. The highest BCUT2D eigenvalue weighted by Gasteiger charge is 2.13. The van der Waals surface area contributed by atoms with Gasteiger partial charge in [0, 0.05) is 11.6 Å². The van der Waals surface area contributed by atoms with Crippen molar-refractivity contribution < 1.29 is 4.74 Å². The van der Waals surface area contributed by atoms with Crippen molar-refractivity contribution in [1.29, 1.82) is 0 Å². The van der Waals surface area contributed by atoms with Gasteiger partial charge in [-0.05, 0) is 18.9 Å². The Hall–Kier alpha value is -0.0500. The summed E-state index contributed by atoms with van der Waals surface area (Å²) in [5, 5.41) is 3.85. The zero-order valence-corrected chi connectivity index (χ0v) is 7.36. The Balaban J connectivity index is 1.98. The predicted molar refractivity (Wildman–Crippen MR) is 46.8 cm³/mol. The van der Waals surface area contributed by atoms with Crippen molar-refractivity contribution in [3.05, 3.63) is 11.6 Å². The molecule has 0 aromatic rings. The summed E-state index contributed by atoms with van der Waals surface area (Å²) < 4.78 is 5.31. The minimum atomic E-state index is 0.484. The molecule has 1 saturated heterocycles. The first-order chi connectivity index (χ1) is 5.29. The summed E-state index contributed by atoms with van der Waals surface area (Å²) in [6.07, 6.45) is 1.22. The van der Waals surface area contributed by atoms with Gasteiger partial charge in [0.05, 0.1) is 13.2 Å². The van der Waals surface area contributed by atoms with Crippen LogP contribution in [0.2, 0.25) is 0 Å². The van der Waals surface area contributed by atoms with Crippen LogP contribution in [-0.2, 0) is 4.74 Å². The van der Waals surface area contributed by atoms with Crippen LogP contribution in [-0.4, -0.2) is 26.3 Å². The van der Waals surface area contributed by atoms with Crippen LogP contribution in [0, 0.1) is 5.92 Å². The third-order valence-corrected chi connectivity index (χ3v) is 1.88. The normalized spacial score (nSPS) is 23.9. The molecule has 1 aliphatic rings. The van der Waals surface area contributed by atoms with Crippen molar-refractivity contribution in [2.45, 2.75) is 6.42 Å². The van der Waals surface area contributed by atoms with E-state index in [-0.39, 0.29) is 0 Å². The first-order valence-electron chi connectivity index (χ1n) is 3.91. The second-order valence-electron chi connectivity index (χ2n) is 2.89. The fourth-order valence-electron chi connectivity index (χ4n) is 1.19. The van der Waals surface area contributed by atoms with Gasteiger partial charge in [0.2, 0.25) is 0 Å². The quantitative estimate of drug-likeness (QED) is 0.697. The van der Waals surface area contributed by atoms with Crippen LogP contribution in [0.15, 0.2) is 11.6 Å². The van der Waals surface area contributed by atoms with Crippen LogP contribution >= 0.6 is 11.6 Å². The van der Waals surface area contributed by atoms with Gasteiger partial charge in [0.15, 0.2) is 0 Å². The Morgan fingerprint density at radius 2 is 2.55 bits per heavy atom. The molecular weight excluding hydrogens is 162 g/mol. The molecule has 1 unspecified atom stereocenters. The van der Waals surface area contributed by atoms with Crippen LogP contribution in [0.25, 0.3) is 0 Å². The lowest BCUT2D eigenvalue weighted by molar-refractivity contribution is 0.127. The van der Waals surface area contributed by atoms with Crippen molar-refractivity contribution in [3.63, 3.8) is 0 Å². The highest BCUT2D eigenvalue weighted by Crippen LogP contribution is 2.08. The molecular formula is C8H14ClNO. The second-order valence-corrected chi connectivity index (χ2v) is 3.43. The van der Waals surface area contributed by atoms with Gasteiger partial charge in [0.25, 0.3) is 0 Å². The summed E-state index contributed by atoms with van der Waals surface area (Å²) in [5.74, 6) is 0.672. The molecule has 64 valence electrons. The lowest BCUT2D eigenvalue weighted by Gasteiger charge is -2.07. The lowest BCUT2D eigenvalue weighted by atomic mass is 10.1. The van der Waals surface area contributed by atoms with Gasteiger partial charge in [-0.15, -0.1) is 0 Å². The summed E-state index contributed by atoms with van der Waals surface area (Å²) in [4.78, 5) is 0. The van der Waals surface area contributed by atoms with Gasteiger partial charge in [0.1, 0.15) is 0 Å². The van der Waals surface area contributed by atoms with Crippen molar-refractivity contribution in [2.75, 3.05) is 26.3 Å². The topological polar surface area (TPSA) is 21.3 Å². The molecule has 0 aromatic heterocycles. The van der Waals surface area contributed by atoms with E-state index in [2.05, 4.69) is 11.9 Å². The molecule has 0 bridgehead atoms. The van der Waals surface area contributed by atoms with Gasteiger partial charge in [-0.3, -0.25) is 0 Å². The molecule has 0 saturated carbocycles. The highest BCUT2D eigenvalue weighted by molar-refractivity contribution is 6.29. The van der Waals surface area contributed by atoms with Gasteiger partial charge in [-0.25, -0.2) is 0 Å². The summed E-state index contributed by atoms with van der Waals surface area (Å²) in [5.41, 5.74) is 0. The Labute approximate surface area is 72.6 Å². The van der Waals surface area contributed by atoms with Gasteiger partial charge in [-0.2, -0.15) is 0 Å². The molecule has 0 aliphatic carbocycles. The minimum absolute atomic E-state index is 0.484. The third-order valence-electron chi connectivity index (χ3n) is 1.77. The van der Waals surface area contributed by atoms with Crippen LogP contribution in [0.5, 0.6) is 0 Å². The Kier molecular flexibility index (Phi) is 3.91. The van der Waals surface area contributed by atoms with E-state index in [1.807, 2.05) is 0 Å². The molecule has 0 spiro atoms. The number of hydrogen-bond acceptors (Lipinski definition) is 2. The number of ether oxygens (including phenoxy) is 1. The molecule has 1 atom stereocenters. The third kappa shape index (κ3) is 3.75. The Morgan fingerprint density at radius 3 is 3.09 bits per heavy atom. The van der Waals surface area contributed by atoms with E-state index in [1.165, 1.54) is 6.42 Å². The standard InChI is InChI=1S/C8H14ClNO/c1-7(9)5-11-6-8-2-3-10-4-8/h8,10H,1-6H2.